The van der Waals surface area contributed by atoms with Crippen molar-refractivity contribution in [2.75, 3.05) is 0 Å². The van der Waals surface area contributed by atoms with Gasteiger partial charge < -0.3 is 4.52 Å². The summed E-state index contributed by atoms with van der Waals surface area (Å²) in [5.41, 5.74) is -1.14. The van der Waals surface area contributed by atoms with Crippen LogP contribution < -0.4 is 11.2 Å². The Balaban J connectivity index is 2.58. The molecule has 94 valence electrons. The standard InChI is InChI=1S/C11H11N3O4/c1-7(15)9-6-14(5-8-3-4-12-18-8)11(17)13(2)10(9)16/h3-4,6H,5H2,1-2H3. The van der Waals surface area contributed by atoms with Crippen molar-refractivity contribution in [3.05, 3.63) is 50.6 Å². The number of hydrogen-bond donors (Lipinski definition) is 0. The summed E-state index contributed by atoms with van der Waals surface area (Å²) in [6.45, 7) is 1.40. The van der Waals surface area contributed by atoms with Gasteiger partial charge in [-0.1, -0.05) is 5.16 Å². The van der Waals surface area contributed by atoms with E-state index in [1.165, 1.54) is 30.9 Å². The molecule has 0 fully saturated rings. The number of carbonyl (C=O) groups is 1. The first-order chi connectivity index (χ1) is 8.50. The van der Waals surface area contributed by atoms with Crippen molar-refractivity contribution in [2.24, 2.45) is 7.05 Å². The van der Waals surface area contributed by atoms with Crippen LogP contribution in [-0.2, 0) is 13.6 Å². The number of hydrogen-bond acceptors (Lipinski definition) is 5. The lowest BCUT2D eigenvalue weighted by Crippen LogP contribution is -2.40. The van der Waals surface area contributed by atoms with Gasteiger partial charge in [0.05, 0.1) is 18.3 Å². The van der Waals surface area contributed by atoms with Gasteiger partial charge >= 0.3 is 5.69 Å². The molecule has 7 nitrogen and oxygen atoms in total. The van der Waals surface area contributed by atoms with Crippen molar-refractivity contribution in [3.8, 4) is 0 Å². The van der Waals surface area contributed by atoms with Crippen LogP contribution in [0.15, 0.2) is 32.6 Å². The van der Waals surface area contributed by atoms with E-state index >= 15 is 0 Å². The van der Waals surface area contributed by atoms with Gasteiger partial charge in [-0.2, -0.15) is 0 Å². The lowest BCUT2D eigenvalue weighted by atomic mass is 10.2. The van der Waals surface area contributed by atoms with Crippen LogP contribution >= 0.6 is 0 Å². The highest BCUT2D eigenvalue weighted by Crippen LogP contribution is 1.99. The maximum Gasteiger partial charge on any atom is 0.331 e. The molecular weight excluding hydrogens is 238 g/mol. The van der Waals surface area contributed by atoms with Crippen LogP contribution in [-0.4, -0.2) is 20.1 Å². The predicted octanol–water partition coefficient (Wildman–Crippen LogP) is -0.214. The number of aromatic nitrogens is 3. The zero-order chi connectivity index (χ0) is 13.3. The first-order valence-corrected chi connectivity index (χ1v) is 5.21. The normalized spacial score (nSPS) is 10.6. The molecule has 2 aromatic heterocycles. The molecule has 0 amide bonds. The number of nitrogens with zero attached hydrogens (tertiary/aromatic N) is 3. The Hall–Kier alpha value is -2.44. The van der Waals surface area contributed by atoms with Crippen LogP contribution in [0.5, 0.6) is 0 Å². The van der Waals surface area contributed by atoms with Gasteiger partial charge in [-0.3, -0.25) is 18.7 Å². The van der Waals surface area contributed by atoms with Crippen LogP contribution in [0.3, 0.4) is 0 Å². The molecule has 2 heterocycles. The smallest absolute Gasteiger partial charge is 0.331 e. The Morgan fingerprint density at radius 3 is 2.72 bits per heavy atom. The summed E-state index contributed by atoms with van der Waals surface area (Å²) < 4.78 is 7.01. The number of carbonyl (C=O) groups excluding carboxylic acids is 1. The van der Waals surface area contributed by atoms with Crippen molar-refractivity contribution < 1.29 is 9.32 Å². The SMILES string of the molecule is CC(=O)c1cn(Cc2ccno2)c(=O)n(C)c1=O. The zero-order valence-electron chi connectivity index (χ0n) is 9.91. The zero-order valence-corrected chi connectivity index (χ0v) is 9.91. The fraction of sp³-hybridized carbons (Fsp3) is 0.273. The second kappa shape index (κ2) is 4.44. The summed E-state index contributed by atoms with van der Waals surface area (Å²) in [6.07, 6.45) is 2.70. The first kappa shape index (κ1) is 12.0. The maximum atomic E-state index is 11.8. The summed E-state index contributed by atoms with van der Waals surface area (Å²) in [7, 11) is 1.33. The minimum Gasteiger partial charge on any atom is -0.359 e. The highest BCUT2D eigenvalue weighted by Gasteiger charge is 2.13. The van der Waals surface area contributed by atoms with E-state index in [0.29, 0.717) is 5.76 Å². The average Bonchev–Trinajstić information content (AvgIpc) is 2.82. The Bertz CT molecular complexity index is 694. The predicted molar refractivity (Wildman–Crippen MR) is 61.6 cm³/mol. The van der Waals surface area contributed by atoms with Gasteiger partial charge in [0.25, 0.3) is 5.56 Å². The van der Waals surface area contributed by atoms with Gasteiger partial charge in [-0.05, 0) is 6.92 Å². The Morgan fingerprint density at radius 2 is 2.17 bits per heavy atom. The molecule has 0 N–H and O–H groups in total. The molecule has 0 unspecified atom stereocenters. The fourth-order valence-electron chi connectivity index (χ4n) is 1.57. The van der Waals surface area contributed by atoms with Crippen LogP contribution in [0.4, 0.5) is 0 Å². The van der Waals surface area contributed by atoms with E-state index in [0.717, 1.165) is 4.57 Å². The molecule has 0 aromatic carbocycles. The van der Waals surface area contributed by atoms with Gasteiger partial charge in [0, 0.05) is 19.3 Å². The summed E-state index contributed by atoms with van der Waals surface area (Å²) in [5.74, 6) is 0.0761. The van der Waals surface area contributed by atoms with Crippen LogP contribution in [0.1, 0.15) is 23.0 Å². The minimum absolute atomic E-state index is 0.0309. The first-order valence-electron chi connectivity index (χ1n) is 5.21. The monoisotopic (exact) mass is 249 g/mol. The van der Waals surface area contributed by atoms with E-state index in [9.17, 15) is 14.4 Å². The molecule has 0 radical (unpaired) electrons. The fourth-order valence-corrected chi connectivity index (χ4v) is 1.57. The van der Waals surface area contributed by atoms with Gasteiger partial charge in [-0.15, -0.1) is 0 Å². The lowest BCUT2D eigenvalue weighted by Gasteiger charge is -2.07. The number of ketones is 1. The quantitative estimate of drug-likeness (QED) is 0.702. The molecule has 0 saturated heterocycles. The highest BCUT2D eigenvalue weighted by atomic mass is 16.5. The van der Waals surface area contributed by atoms with E-state index in [1.54, 1.807) is 6.07 Å². The molecule has 0 saturated carbocycles. The van der Waals surface area contributed by atoms with Gasteiger partial charge in [-0.25, -0.2) is 4.79 Å². The minimum atomic E-state index is -0.596. The van der Waals surface area contributed by atoms with Crippen molar-refractivity contribution in [2.45, 2.75) is 13.5 Å². The van der Waals surface area contributed by atoms with Crippen LogP contribution in [0, 0.1) is 0 Å². The molecule has 0 aliphatic carbocycles. The van der Waals surface area contributed by atoms with E-state index < -0.39 is 11.2 Å². The van der Waals surface area contributed by atoms with Crippen molar-refractivity contribution in [1.29, 1.82) is 0 Å². The lowest BCUT2D eigenvalue weighted by molar-refractivity contribution is 0.101. The van der Waals surface area contributed by atoms with Gasteiger partial charge in [0.2, 0.25) is 0 Å². The van der Waals surface area contributed by atoms with E-state index in [-0.39, 0.29) is 17.9 Å². The Labute approximate surface area is 101 Å². The summed E-state index contributed by atoms with van der Waals surface area (Å²) in [4.78, 5) is 34.8. The van der Waals surface area contributed by atoms with Crippen molar-refractivity contribution in [1.82, 2.24) is 14.3 Å². The topological polar surface area (TPSA) is 87.1 Å². The summed E-state index contributed by atoms with van der Waals surface area (Å²) >= 11 is 0. The molecule has 2 aromatic rings. The molecule has 0 bridgehead atoms. The highest BCUT2D eigenvalue weighted by molar-refractivity contribution is 5.93. The largest absolute Gasteiger partial charge is 0.359 e. The molecule has 0 spiro atoms. The number of rotatable bonds is 3. The van der Waals surface area contributed by atoms with Crippen LogP contribution in [0.2, 0.25) is 0 Å². The third-order valence-corrected chi connectivity index (χ3v) is 2.55. The molecule has 0 aliphatic heterocycles. The Kier molecular flexibility index (Phi) is 2.97. The Morgan fingerprint density at radius 1 is 1.44 bits per heavy atom. The van der Waals surface area contributed by atoms with Gasteiger partial charge in [0.15, 0.2) is 11.5 Å². The molecule has 0 atom stereocenters. The molecule has 7 heteroatoms. The molecule has 18 heavy (non-hydrogen) atoms. The second-order valence-electron chi connectivity index (χ2n) is 3.85. The van der Waals surface area contributed by atoms with Crippen molar-refractivity contribution >= 4 is 5.78 Å². The maximum absolute atomic E-state index is 11.8. The second-order valence-corrected chi connectivity index (χ2v) is 3.85. The number of Topliss-reactive ketones (excluding diaryl/α,β-unsaturated/α-hetero) is 1. The summed E-state index contributed by atoms with van der Waals surface area (Å²) in [6, 6.07) is 1.60. The molecule has 0 aliphatic rings. The van der Waals surface area contributed by atoms with E-state index in [1.807, 2.05) is 0 Å². The van der Waals surface area contributed by atoms with Crippen LogP contribution in [0.25, 0.3) is 0 Å². The molecule has 2 rings (SSSR count). The van der Waals surface area contributed by atoms with Crippen molar-refractivity contribution in [3.63, 3.8) is 0 Å². The van der Waals surface area contributed by atoms with E-state index in [4.69, 9.17) is 4.52 Å². The average molecular weight is 249 g/mol. The summed E-state index contributed by atoms with van der Waals surface area (Å²) in [5, 5.41) is 3.52. The third-order valence-electron chi connectivity index (χ3n) is 2.55. The van der Waals surface area contributed by atoms with E-state index in [2.05, 4.69) is 5.16 Å². The third kappa shape index (κ3) is 2.02. The van der Waals surface area contributed by atoms with Gasteiger partial charge in [0.1, 0.15) is 0 Å². The molecular formula is C11H11N3O4.